The van der Waals surface area contributed by atoms with Gasteiger partial charge in [-0.3, -0.25) is 4.79 Å². The van der Waals surface area contributed by atoms with Gasteiger partial charge in [0.2, 0.25) is 0 Å². The van der Waals surface area contributed by atoms with E-state index in [1.165, 1.54) is 11.3 Å². The van der Waals surface area contributed by atoms with Crippen molar-refractivity contribution in [2.24, 2.45) is 0 Å². The summed E-state index contributed by atoms with van der Waals surface area (Å²) in [6.45, 7) is 0.0222. The molecule has 0 saturated heterocycles. The lowest BCUT2D eigenvalue weighted by atomic mass is 10.4. The topological polar surface area (TPSA) is 52.9 Å². The van der Waals surface area contributed by atoms with Crippen LogP contribution in [0.4, 0.5) is 0 Å². The summed E-state index contributed by atoms with van der Waals surface area (Å²) in [7, 11) is 0. The van der Waals surface area contributed by atoms with Gasteiger partial charge >= 0.3 is 0 Å². The molecule has 1 aromatic rings. The van der Waals surface area contributed by atoms with E-state index in [9.17, 15) is 4.79 Å². The van der Waals surface area contributed by atoms with Crippen LogP contribution in [-0.4, -0.2) is 12.5 Å². The molecule has 62 valence electrons. The summed E-state index contributed by atoms with van der Waals surface area (Å²) in [5, 5.41) is 12.8. The van der Waals surface area contributed by atoms with Gasteiger partial charge in [-0.25, -0.2) is 0 Å². The van der Waals surface area contributed by atoms with E-state index >= 15 is 0 Å². The van der Waals surface area contributed by atoms with Gasteiger partial charge in [-0.2, -0.15) is 5.26 Å². The number of rotatable bonds is 2. The fraction of sp³-hybridized carbons (Fsp3) is 0.143. The number of nitrogens with zero attached hydrogens (tertiary/aromatic N) is 1. The molecule has 0 aliphatic rings. The molecule has 3 nitrogen and oxygen atoms in total. The first-order valence-electron chi connectivity index (χ1n) is 3.13. The summed E-state index contributed by atoms with van der Waals surface area (Å²) in [5.74, 6) is -0.256. The van der Waals surface area contributed by atoms with Crippen molar-refractivity contribution in [2.45, 2.75) is 0 Å². The summed E-state index contributed by atoms with van der Waals surface area (Å²) in [4.78, 5) is 11.6. The molecule has 0 atom stereocenters. The average molecular weight is 201 g/mol. The highest BCUT2D eigenvalue weighted by atomic mass is 35.5. The third-order valence-corrected chi connectivity index (χ3v) is 2.40. The van der Waals surface area contributed by atoms with E-state index in [1.54, 1.807) is 11.4 Å². The van der Waals surface area contributed by atoms with Gasteiger partial charge in [0.1, 0.15) is 6.54 Å². The minimum Gasteiger partial charge on any atom is -0.338 e. The largest absolute Gasteiger partial charge is 0.338 e. The maximum Gasteiger partial charge on any atom is 0.262 e. The number of hydrogen-bond acceptors (Lipinski definition) is 3. The number of nitrogens with one attached hydrogen (secondary N) is 1. The molecular formula is C7H5ClN2OS. The Bertz CT molecular complexity index is 328. The molecule has 0 saturated carbocycles. The predicted octanol–water partition coefficient (Wildman–Crippen LogP) is 1.65. The highest BCUT2D eigenvalue weighted by molar-refractivity contribution is 7.12. The van der Waals surface area contributed by atoms with Gasteiger partial charge in [0.25, 0.3) is 5.91 Å². The molecule has 12 heavy (non-hydrogen) atoms. The Kier molecular flexibility index (Phi) is 3.09. The Labute approximate surface area is 78.6 Å². The fourth-order valence-corrected chi connectivity index (χ4v) is 1.63. The highest BCUT2D eigenvalue weighted by Crippen LogP contribution is 2.18. The molecule has 0 aliphatic heterocycles. The van der Waals surface area contributed by atoms with Gasteiger partial charge in [0, 0.05) is 5.38 Å². The summed E-state index contributed by atoms with van der Waals surface area (Å²) in [6, 6.07) is 3.38. The van der Waals surface area contributed by atoms with Crippen molar-refractivity contribution in [1.29, 1.82) is 5.26 Å². The molecule has 1 rings (SSSR count). The van der Waals surface area contributed by atoms with Gasteiger partial charge in [-0.15, -0.1) is 11.3 Å². The van der Waals surface area contributed by atoms with Gasteiger partial charge in [-0.05, 0) is 6.07 Å². The van der Waals surface area contributed by atoms with E-state index in [0.29, 0.717) is 9.90 Å². The summed E-state index contributed by atoms with van der Waals surface area (Å²) in [6.07, 6.45) is 0. The SMILES string of the molecule is N#CCNC(=O)c1cc(Cl)cs1. The molecular weight excluding hydrogens is 196 g/mol. The van der Waals surface area contributed by atoms with Crippen molar-refractivity contribution in [1.82, 2.24) is 5.32 Å². The zero-order valence-electron chi connectivity index (χ0n) is 6.00. The number of carbonyl (C=O) groups is 1. The van der Waals surface area contributed by atoms with Crippen molar-refractivity contribution >= 4 is 28.8 Å². The average Bonchev–Trinajstić information content (AvgIpc) is 2.47. The maximum absolute atomic E-state index is 11.1. The highest BCUT2D eigenvalue weighted by Gasteiger charge is 2.06. The lowest BCUT2D eigenvalue weighted by Crippen LogP contribution is -2.22. The molecule has 1 heterocycles. The van der Waals surface area contributed by atoms with Crippen molar-refractivity contribution in [3.8, 4) is 6.07 Å². The van der Waals surface area contributed by atoms with Crippen molar-refractivity contribution in [3.63, 3.8) is 0 Å². The standard InChI is InChI=1S/C7H5ClN2OS/c8-5-3-6(12-4-5)7(11)10-2-1-9/h3-4H,2H2,(H,10,11). The van der Waals surface area contributed by atoms with Crippen LogP contribution in [0.5, 0.6) is 0 Å². The molecule has 5 heteroatoms. The first-order valence-corrected chi connectivity index (χ1v) is 4.39. The van der Waals surface area contributed by atoms with E-state index in [0.717, 1.165) is 0 Å². The van der Waals surface area contributed by atoms with Crippen LogP contribution in [0, 0.1) is 11.3 Å². The lowest BCUT2D eigenvalue weighted by Gasteiger charge is -1.94. The van der Waals surface area contributed by atoms with E-state index in [4.69, 9.17) is 16.9 Å². The summed E-state index contributed by atoms with van der Waals surface area (Å²) in [5.41, 5.74) is 0. The van der Waals surface area contributed by atoms with Crippen LogP contribution in [0.3, 0.4) is 0 Å². The molecule has 1 N–H and O–H groups in total. The third-order valence-electron chi connectivity index (χ3n) is 1.12. The fourth-order valence-electron chi connectivity index (χ4n) is 0.639. The van der Waals surface area contributed by atoms with E-state index in [2.05, 4.69) is 5.32 Å². The number of nitriles is 1. The number of hydrogen-bond donors (Lipinski definition) is 1. The molecule has 0 aromatic carbocycles. The quantitative estimate of drug-likeness (QED) is 0.739. The second kappa shape index (κ2) is 4.10. The van der Waals surface area contributed by atoms with E-state index in [1.807, 2.05) is 6.07 Å². The second-order valence-electron chi connectivity index (χ2n) is 1.97. The van der Waals surface area contributed by atoms with E-state index < -0.39 is 0 Å². The zero-order valence-corrected chi connectivity index (χ0v) is 7.58. The Morgan fingerprint density at radius 3 is 3.08 bits per heavy atom. The molecule has 0 radical (unpaired) electrons. The van der Waals surface area contributed by atoms with Gasteiger partial charge < -0.3 is 5.32 Å². The molecule has 0 bridgehead atoms. The summed E-state index contributed by atoms with van der Waals surface area (Å²) < 4.78 is 0. The van der Waals surface area contributed by atoms with Crippen LogP contribution in [-0.2, 0) is 0 Å². The van der Waals surface area contributed by atoms with Crippen LogP contribution in [0.15, 0.2) is 11.4 Å². The predicted molar refractivity (Wildman–Crippen MR) is 47.3 cm³/mol. The first-order chi connectivity index (χ1) is 5.74. The van der Waals surface area contributed by atoms with Crippen molar-refractivity contribution in [2.75, 3.05) is 6.54 Å². The smallest absolute Gasteiger partial charge is 0.262 e. The van der Waals surface area contributed by atoms with Crippen LogP contribution in [0.25, 0.3) is 0 Å². The number of thiophene rings is 1. The molecule has 0 aliphatic carbocycles. The molecule has 1 amide bonds. The Balaban J connectivity index is 2.61. The van der Waals surface area contributed by atoms with Crippen molar-refractivity contribution < 1.29 is 4.79 Å². The van der Waals surface area contributed by atoms with Crippen LogP contribution < -0.4 is 5.32 Å². The zero-order chi connectivity index (χ0) is 8.97. The first kappa shape index (κ1) is 9.04. The Morgan fingerprint density at radius 1 is 1.83 bits per heavy atom. The lowest BCUT2D eigenvalue weighted by molar-refractivity contribution is 0.0962. The minimum atomic E-state index is -0.256. The molecule has 1 aromatic heterocycles. The minimum absolute atomic E-state index is 0.0222. The molecule has 0 spiro atoms. The number of carbonyl (C=O) groups excluding carboxylic acids is 1. The molecule has 0 fully saturated rings. The monoisotopic (exact) mass is 200 g/mol. The Hall–Kier alpha value is -1.05. The van der Waals surface area contributed by atoms with Gasteiger partial charge in [0.05, 0.1) is 16.0 Å². The van der Waals surface area contributed by atoms with Gasteiger partial charge in [0.15, 0.2) is 0 Å². The van der Waals surface area contributed by atoms with Crippen LogP contribution in [0.1, 0.15) is 9.67 Å². The van der Waals surface area contributed by atoms with Crippen molar-refractivity contribution in [3.05, 3.63) is 21.3 Å². The second-order valence-corrected chi connectivity index (χ2v) is 3.32. The molecule has 0 unspecified atom stereocenters. The normalized spacial score (nSPS) is 9.00. The Morgan fingerprint density at radius 2 is 2.58 bits per heavy atom. The maximum atomic E-state index is 11.1. The van der Waals surface area contributed by atoms with Crippen LogP contribution >= 0.6 is 22.9 Å². The third kappa shape index (κ3) is 2.22. The van der Waals surface area contributed by atoms with E-state index in [-0.39, 0.29) is 12.5 Å². The number of amides is 1. The van der Waals surface area contributed by atoms with Crippen LogP contribution in [0.2, 0.25) is 5.02 Å². The number of halogens is 1. The summed E-state index contributed by atoms with van der Waals surface area (Å²) >= 11 is 6.86. The van der Waals surface area contributed by atoms with Gasteiger partial charge in [-0.1, -0.05) is 11.6 Å².